The fourth-order valence-corrected chi connectivity index (χ4v) is 4.46. The Hall–Kier alpha value is -2.19. The van der Waals surface area contributed by atoms with Crippen LogP contribution in [0.15, 0.2) is 91.0 Å². The molecule has 0 saturated carbocycles. The van der Waals surface area contributed by atoms with Crippen molar-refractivity contribution in [2.75, 3.05) is 13.7 Å². The van der Waals surface area contributed by atoms with E-state index in [4.69, 9.17) is 36.3 Å². The molecule has 0 N–H and O–H groups in total. The summed E-state index contributed by atoms with van der Waals surface area (Å²) in [6.07, 6.45) is -1.64. The van der Waals surface area contributed by atoms with Gasteiger partial charge in [0.25, 0.3) is 0 Å². The summed E-state index contributed by atoms with van der Waals surface area (Å²) >= 11 is 4.81. The predicted molar refractivity (Wildman–Crippen MR) is 135 cm³/mol. The smallest absolute Gasteiger partial charge is 0.171 e. The van der Waals surface area contributed by atoms with E-state index in [1.54, 1.807) is 7.11 Å². The molecule has 0 radical (unpaired) electrons. The summed E-state index contributed by atoms with van der Waals surface area (Å²) in [4.78, 5) is 0. The average molecular weight is 481 g/mol. The van der Waals surface area contributed by atoms with Crippen LogP contribution in [0.25, 0.3) is 0 Å². The van der Waals surface area contributed by atoms with E-state index in [9.17, 15) is 0 Å². The molecule has 4 rings (SSSR count). The summed E-state index contributed by atoms with van der Waals surface area (Å²) in [6.45, 7) is 1.72. The van der Waals surface area contributed by atoms with Crippen LogP contribution in [0.3, 0.4) is 0 Å². The van der Waals surface area contributed by atoms with Gasteiger partial charge >= 0.3 is 0 Å². The van der Waals surface area contributed by atoms with Crippen molar-refractivity contribution in [1.82, 2.24) is 0 Å². The SMILES string of the molecule is CO[C@H]1O[C@H](COCc2ccccc2)[C@@H](OCc2ccccc2)[C@H](OCc2ccccc2)[C@@H]1S. The molecule has 0 bridgehead atoms. The Morgan fingerprint density at radius 2 is 1.15 bits per heavy atom. The molecule has 1 aliphatic heterocycles. The number of hydrogen-bond donors (Lipinski definition) is 1. The first-order valence-corrected chi connectivity index (χ1v) is 12.1. The summed E-state index contributed by atoms with van der Waals surface area (Å²) < 4.78 is 30.7. The van der Waals surface area contributed by atoms with Crippen LogP contribution < -0.4 is 0 Å². The third kappa shape index (κ3) is 6.92. The van der Waals surface area contributed by atoms with Crippen molar-refractivity contribution in [3.05, 3.63) is 108 Å². The van der Waals surface area contributed by atoms with Gasteiger partial charge < -0.3 is 23.7 Å². The van der Waals surface area contributed by atoms with Crippen LogP contribution in [0.5, 0.6) is 0 Å². The highest BCUT2D eigenvalue weighted by Crippen LogP contribution is 2.31. The van der Waals surface area contributed by atoms with Crippen LogP contribution in [-0.4, -0.2) is 43.6 Å². The van der Waals surface area contributed by atoms with Crippen LogP contribution >= 0.6 is 12.6 Å². The first-order chi connectivity index (χ1) is 16.7. The molecule has 3 aromatic rings. The highest BCUT2D eigenvalue weighted by atomic mass is 32.1. The van der Waals surface area contributed by atoms with Crippen LogP contribution in [0.1, 0.15) is 16.7 Å². The lowest BCUT2D eigenvalue weighted by molar-refractivity contribution is -0.267. The summed E-state index contributed by atoms with van der Waals surface area (Å²) in [5.41, 5.74) is 3.27. The minimum Gasteiger partial charge on any atom is -0.374 e. The van der Waals surface area contributed by atoms with Gasteiger partial charge in [0.1, 0.15) is 18.3 Å². The van der Waals surface area contributed by atoms with E-state index in [0.717, 1.165) is 16.7 Å². The second-order valence-electron chi connectivity index (χ2n) is 8.29. The Labute approximate surface area is 207 Å². The molecule has 0 aliphatic carbocycles. The second kappa shape index (κ2) is 13.0. The van der Waals surface area contributed by atoms with Gasteiger partial charge in [0.05, 0.1) is 31.7 Å². The van der Waals surface area contributed by atoms with Crippen LogP contribution in [-0.2, 0) is 43.5 Å². The van der Waals surface area contributed by atoms with Crippen LogP contribution in [0.4, 0.5) is 0 Å². The standard InChI is InChI=1S/C28H32O5S/c1-29-28-27(34)26(32-19-23-15-9-4-10-16-23)25(31-18-22-13-7-3-8-14-22)24(33-28)20-30-17-21-11-5-2-6-12-21/h2-16,24-28,34H,17-20H2,1H3/t24-,25-,26+,27+,28+/m1/s1. The van der Waals surface area contributed by atoms with Gasteiger partial charge in [-0.3, -0.25) is 0 Å². The maximum atomic E-state index is 6.41. The van der Waals surface area contributed by atoms with Gasteiger partial charge in [0.15, 0.2) is 6.29 Å². The Morgan fingerprint density at radius 3 is 1.65 bits per heavy atom. The van der Waals surface area contributed by atoms with Gasteiger partial charge in [-0.2, -0.15) is 12.6 Å². The molecule has 1 aliphatic rings. The molecule has 1 saturated heterocycles. The van der Waals surface area contributed by atoms with Crippen molar-refractivity contribution in [3.8, 4) is 0 Å². The molecule has 6 heteroatoms. The molecular formula is C28H32O5S. The Bertz CT molecular complexity index is 956. The van der Waals surface area contributed by atoms with Gasteiger partial charge in [-0.25, -0.2) is 0 Å². The molecule has 0 aromatic heterocycles. The Balaban J connectivity index is 1.48. The lowest BCUT2D eigenvalue weighted by Gasteiger charge is -2.44. The quantitative estimate of drug-likeness (QED) is 0.390. The van der Waals surface area contributed by atoms with E-state index in [1.165, 1.54) is 0 Å². The van der Waals surface area contributed by atoms with Crippen molar-refractivity contribution in [2.24, 2.45) is 0 Å². The van der Waals surface area contributed by atoms with Gasteiger partial charge in [0.2, 0.25) is 0 Å². The zero-order valence-corrected chi connectivity index (χ0v) is 20.3. The summed E-state index contributed by atoms with van der Waals surface area (Å²) in [7, 11) is 1.62. The maximum Gasteiger partial charge on any atom is 0.171 e. The van der Waals surface area contributed by atoms with Gasteiger partial charge in [-0.1, -0.05) is 91.0 Å². The molecular weight excluding hydrogens is 448 g/mol. The van der Waals surface area contributed by atoms with Gasteiger partial charge in [-0.05, 0) is 16.7 Å². The molecule has 0 unspecified atom stereocenters. The molecule has 0 spiro atoms. The van der Waals surface area contributed by atoms with E-state index in [0.29, 0.717) is 26.4 Å². The first-order valence-electron chi connectivity index (χ1n) is 11.5. The molecule has 3 aromatic carbocycles. The fourth-order valence-electron chi connectivity index (χ4n) is 4.02. The summed E-state index contributed by atoms with van der Waals surface area (Å²) in [6, 6.07) is 30.2. The van der Waals surface area contributed by atoms with Crippen molar-refractivity contribution in [1.29, 1.82) is 0 Å². The van der Waals surface area contributed by atoms with Crippen LogP contribution in [0, 0.1) is 0 Å². The summed E-state index contributed by atoms with van der Waals surface area (Å²) in [5.74, 6) is 0. The van der Waals surface area contributed by atoms with Crippen molar-refractivity contribution < 1.29 is 23.7 Å². The van der Waals surface area contributed by atoms with Gasteiger partial charge in [-0.15, -0.1) is 0 Å². The maximum absolute atomic E-state index is 6.41. The third-order valence-corrected chi connectivity index (χ3v) is 6.35. The van der Waals surface area contributed by atoms with E-state index in [-0.39, 0.29) is 23.6 Å². The fraction of sp³-hybridized carbons (Fsp3) is 0.357. The number of methoxy groups -OCH3 is 1. The molecule has 1 heterocycles. The molecule has 180 valence electrons. The normalized spacial score (nSPS) is 24.7. The predicted octanol–water partition coefficient (Wildman–Crippen LogP) is 5.04. The first kappa shape index (κ1) is 24.9. The highest BCUT2D eigenvalue weighted by molar-refractivity contribution is 7.81. The minimum absolute atomic E-state index is 0.320. The van der Waals surface area contributed by atoms with Crippen molar-refractivity contribution in [3.63, 3.8) is 0 Å². The average Bonchev–Trinajstić information content (AvgIpc) is 2.89. The number of ether oxygens (including phenoxy) is 5. The number of hydrogen-bond acceptors (Lipinski definition) is 6. The number of benzene rings is 3. The largest absolute Gasteiger partial charge is 0.374 e. The summed E-state index contributed by atoms with van der Waals surface area (Å²) in [5, 5.41) is -0.320. The Kier molecular flexibility index (Phi) is 9.56. The Morgan fingerprint density at radius 1 is 0.676 bits per heavy atom. The van der Waals surface area contributed by atoms with Gasteiger partial charge in [0, 0.05) is 7.11 Å². The zero-order chi connectivity index (χ0) is 23.6. The molecule has 5 nitrogen and oxygen atoms in total. The van der Waals surface area contributed by atoms with Crippen molar-refractivity contribution >= 4 is 12.6 Å². The molecule has 0 amide bonds. The second-order valence-corrected chi connectivity index (χ2v) is 8.89. The van der Waals surface area contributed by atoms with E-state index in [2.05, 4.69) is 0 Å². The lowest BCUT2D eigenvalue weighted by atomic mass is 10.00. The van der Waals surface area contributed by atoms with Crippen molar-refractivity contribution in [2.45, 2.75) is 49.7 Å². The topological polar surface area (TPSA) is 46.2 Å². The molecule has 34 heavy (non-hydrogen) atoms. The molecule has 1 fully saturated rings. The lowest BCUT2D eigenvalue weighted by Crippen LogP contribution is -2.59. The number of thiol groups is 1. The van der Waals surface area contributed by atoms with E-state index in [1.807, 2.05) is 91.0 Å². The van der Waals surface area contributed by atoms with E-state index < -0.39 is 6.29 Å². The zero-order valence-electron chi connectivity index (χ0n) is 19.4. The highest BCUT2D eigenvalue weighted by Gasteiger charge is 2.46. The monoisotopic (exact) mass is 480 g/mol. The van der Waals surface area contributed by atoms with Crippen LogP contribution in [0.2, 0.25) is 0 Å². The minimum atomic E-state index is -0.536. The molecule has 5 atom stereocenters. The number of rotatable bonds is 11. The third-order valence-electron chi connectivity index (χ3n) is 5.81. The van der Waals surface area contributed by atoms with E-state index >= 15 is 0 Å².